The molecule has 0 aliphatic carbocycles. The lowest BCUT2D eigenvalue weighted by molar-refractivity contribution is 0.198. The van der Waals surface area contributed by atoms with Crippen molar-refractivity contribution in [3.05, 3.63) is 41.1 Å². The van der Waals surface area contributed by atoms with Crippen LogP contribution in [0.25, 0.3) is 0 Å². The molecular formula is C14H15BrN4O. The van der Waals surface area contributed by atoms with Gasteiger partial charge in [0, 0.05) is 23.6 Å². The number of para-hydroxylation sites is 1. The van der Waals surface area contributed by atoms with E-state index in [9.17, 15) is 5.11 Å². The molecular weight excluding hydrogens is 320 g/mol. The highest BCUT2D eigenvalue weighted by molar-refractivity contribution is 9.10. The van der Waals surface area contributed by atoms with Crippen molar-refractivity contribution in [2.45, 2.75) is 12.5 Å². The molecule has 1 aromatic carbocycles. The molecule has 0 radical (unpaired) electrons. The zero-order valence-corrected chi connectivity index (χ0v) is 12.4. The lowest BCUT2D eigenvalue weighted by Gasteiger charge is -2.17. The summed E-state index contributed by atoms with van der Waals surface area (Å²) in [5.41, 5.74) is 0.957. The van der Waals surface area contributed by atoms with Gasteiger partial charge >= 0.3 is 0 Å². The van der Waals surface area contributed by atoms with Crippen LogP contribution >= 0.6 is 15.9 Å². The fourth-order valence-corrected chi connectivity index (χ4v) is 2.62. The average Bonchev–Trinajstić information content (AvgIpc) is 2.89. The molecule has 0 amide bonds. The Morgan fingerprint density at radius 3 is 2.90 bits per heavy atom. The number of aromatic nitrogens is 2. The molecule has 2 N–H and O–H groups in total. The largest absolute Gasteiger partial charge is 0.391 e. The van der Waals surface area contributed by atoms with Crippen LogP contribution < -0.4 is 10.2 Å². The number of halogens is 1. The number of rotatable bonds is 3. The summed E-state index contributed by atoms with van der Waals surface area (Å²) in [6.45, 7) is 1.46. The zero-order chi connectivity index (χ0) is 13.9. The molecule has 20 heavy (non-hydrogen) atoms. The predicted octanol–water partition coefficient (Wildman–Crippen LogP) is 2.55. The third-order valence-corrected chi connectivity index (χ3v) is 3.97. The molecule has 0 bridgehead atoms. The summed E-state index contributed by atoms with van der Waals surface area (Å²) in [4.78, 5) is 10.6. The van der Waals surface area contributed by atoms with Gasteiger partial charge in [0.1, 0.15) is 18.0 Å². The number of anilines is 3. The van der Waals surface area contributed by atoms with Crippen LogP contribution in [0, 0.1) is 0 Å². The van der Waals surface area contributed by atoms with Gasteiger partial charge < -0.3 is 15.3 Å². The van der Waals surface area contributed by atoms with Crippen LogP contribution in [0.5, 0.6) is 0 Å². The van der Waals surface area contributed by atoms with Crippen molar-refractivity contribution in [3.8, 4) is 0 Å². The minimum absolute atomic E-state index is 0.260. The van der Waals surface area contributed by atoms with Gasteiger partial charge in [0.05, 0.1) is 11.8 Å². The monoisotopic (exact) mass is 334 g/mol. The maximum atomic E-state index is 9.59. The summed E-state index contributed by atoms with van der Waals surface area (Å²) in [6, 6.07) is 9.78. The van der Waals surface area contributed by atoms with Crippen LogP contribution in [-0.2, 0) is 0 Å². The van der Waals surface area contributed by atoms with Crippen LogP contribution in [0.1, 0.15) is 6.42 Å². The molecule has 2 aromatic rings. The molecule has 1 aliphatic heterocycles. The molecule has 3 rings (SSSR count). The van der Waals surface area contributed by atoms with Crippen LogP contribution in [0.4, 0.5) is 17.3 Å². The second-order valence-electron chi connectivity index (χ2n) is 4.75. The van der Waals surface area contributed by atoms with E-state index >= 15 is 0 Å². The van der Waals surface area contributed by atoms with Crippen LogP contribution in [-0.4, -0.2) is 34.3 Å². The Bertz CT molecular complexity index is 607. The number of nitrogens with zero attached hydrogens (tertiary/aromatic N) is 3. The topological polar surface area (TPSA) is 61.3 Å². The van der Waals surface area contributed by atoms with E-state index in [1.807, 2.05) is 30.3 Å². The Labute approximate surface area is 125 Å². The molecule has 1 atom stereocenters. The third-order valence-electron chi connectivity index (χ3n) is 3.28. The van der Waals surface area contributed by atoms with Gasteiger partial charge in [-0.1, -0.05) is 12.1 Å². The SMILES string of the molecule is OC1CCN(c2cc(Nc3ccccc3Br)ncn2)C1. The Hall–Kier alpha value is -1.66. The number of β-amino-alcohol motifs (C(OH)–C–C–N with tert-alkyl or cyclic N) is 1. The highest BCUT2D eigenvalue weighted by atomic mass is 79.9. The molecule has 1 aromatic heterocycles. The van der Waals surface area contributed by atoms with Gasteiger partial charge in [-0.05, 0) is 34.5 Å². The predicted molar refractivity (Wildman–Crippen MR) is 82.3 cm³/mol. The van der Waals surface area contributed by atoms with Gasteiger partial charge in [-0.15, -0.1) is 0 Å². The van der Waals surface area contributed by atoms with Crippen molar-refractivity contribution < 1.29 is 5.11 Å². The van der Waals surface area contributed by atoms with E-state index in [0.29, 0.717) is 6.54 Å². The van der Waals surface area contributed by atoms with E-state index in [1.54, 1.807) is 6.33 Å². The van der Waals surface area contributed by atoms with E-state index in [0.717, 1.165) is 34.8 Å². The first-order valence-corrected chi connectivity index (χ1v) is 7.28. The fraction of sp³-hybridized carbons (Fsp3) is 0.286. The number of hydrogen-bond acceptors (Lipinski definition) is 5. The van der Waals surface area contributed by atoms with Crippen molar-refractivity contribution in [3.63, 3.8) is 0 Å². The van der Waals surface area contributed by atoms with Gasteiger partial charge in [-0.3, -0.25) is 0 Å². The van der Waals surface area contributed by atoms with Gasteiger partial charge in [0.15, 0.2) is 0 Å². The van der Waals surface area contributed by atoms with Crippen molar-refractivity contribution in [2.24, 2.45) is 0 Å². The maximum absolute atomic E-state index is 9.59. The first kappa shape index (κ1) is 13.3. The molecule has 1 saturated heterocycles. The Morgan fingerprint density at radius 1 is 1.30 bits per heavy atom. The van der Waals surface area contributed by atoms with Crippen LogP contribution in [0.2, 0.25) is 0 Å². The number of benzene rings is 1. The lowest BCUT2D eigenvalue weighted by Crippen LogP contribution is -2.22. The van der Waals surface area contributed by atoms with Crippen LogP contribution in [0.3, 0.4) is 0 Å². The van der Waals surface area contributed by atoms with Gasteiger partial charge in [0.2, 0.25) is 0 Å². The lowest BCUT2D eigenvalue weighted by atomic mass is 10.3. The van der Waals surface area contributed by atoms with Gasteiger partial charge in [-0.2, -0.15) is 0 Å². The molecule has 5 nitrogen and oxygen atoms in total. The first-order valence-electron chi connectivity index (χ1n) is 6.49. The van der Waals surface area contributed by atoms with E-state index in [1.165, 1.54) is 0 Å². The van der Waals surface area contributed by atoms with E-state index < -0.39 is 0 Å². The summed E-state index contributed by atoms with van der Waals surface area (Å²) in [6.07, 6.45) is 2.07. The Morgan fingerprint density at radius 2 is 2.15 bits per heavy atom. The van der Waals surface area contributed by atoms with Crippen molar-refractivity contribution >= 4 is 33.3 Å². The molecule has 1 fully saturated rings. The molecule has 0 spiro atoms. The van der Waals surface area contributed by atoms with E-state index in [4.69, 9.17) is 0 Å². The second kappa shape index (κ2) is 5.76. The average molecular weight is 335 g/mol. The smallest absolute Gasteiger partial charge is 0.135 e. The van der Waals surface area contributed by atoms with Gasteiger partial charge in [0.25, 0.3) is 0 Å². The van der Waals surface area contributed by atoms with E-state index in [-0.39, 0.29) is 6.10 Å². The van der Waals surface area contributed by atoms with Crippen molar-refractivity contribution in [1.82, 2.24) is 9.97 Å². The summed E-state index contributed by atoms with van der Waals surface area (Å²) >= 11 is 3.50. The van der Waals surface area contributed by atoms with Gasteiger partial charge in [-0.25, -0.2) is 9.97 Å². The number of nitrogens with one attached hydrogen (secondary N) is 1. The Balaban J connectivity index is 1.79. The summed E-state index contributed by atoms with van der Waals surface area (Å²) < 4.78 is 0.983. The Kier molecular flexibility index (Phi) is 3.84. The standard InChI is InChI=1S/C14H15BrN4O/c15-11-3-1-2-4-12(11)18-13-7-14(17-9-16-13)19-6-5-10(20)8-19/h1-4,7,9-10,20H,5-6,8H2,(H,16,17,18). The zero-order valence-electron chi connectivity index (χ0n) is 10.8. The van der Waals surface area contributed by atoms with Crippen molar-refractivity contribution in [1.29, 1.82) is 0 Å². The highest BCUT2D eigenvalue weighted by Crippen LogP contribution is 2.26. The number of aliphatic hydroxyl groups is 1. The fourth-order valence-electron chi connectivity index (χ4n) is 2.24. The molecule has 1 unspecified atom stereocenters. The third kappa shape index (κ3) is 2.91. The summed E-state index contributed by atoms with van der Waals surface area (Å²) in [5.74, 6) is 1.58. The van der Waals surface area contributed by atoms with E-state index in [2.05, 4.69) is 36.1 Å². The molecule has 104 valence electrons. The number of aliphatic hydroxyl groups excluding tert-OH is 1. The summed E-state index contributed by atoms with van der Waals surface area (Å²) in [5, 5.41) is 12.9. The van der Waals surface area contributed by atoms with Crippen molar-refractivity contribution in [2.75, 3.05) is 23.3 Å². The molecule has 2 heterocycles. The molecule has 0 saturated carbocycles. The quantitative estimate of drug-likeness (QED) is 0.903. The van der Waals surface area contributed by atoms with Crippen LogP contribution in [0.15, 0.2) is 41.1 Å². The normalized spacial score (nSPS) is 18.3. The maximum Gasteiger partial charge on any atom is 0.135 e. The minimum Gasteiger partial charge on any atom is -0.391 e. The molecule has 6 heteroatoms. The number of hydrogen-bond donors (Lipinski definition) is 2. The summed E-state index contributed by atoms with van der Waals surface area (Å²) in [7, 11) is 0. The first-order chi connectivity index (χ1) is 9.72. The minimum atomic E-state index is -0.260. The second-order valence-corrected chi connectivity index (χ2v) is 5.61. The molecule has 1 aliphatic rings. The highest BCUT2D eigenvalue weighted by Gasteiger charge is 2.21.